The van der Waals surface area contributed by atoms with Crippen LogP contribution < -0.4 is 0 Å². The Kier molecular flexibility index (Phi) is 5.52. The van der Waals surface area contributed by atoms with Crippen molar-refractivity contribution in [2.24, 2.45) is 0 Å². The molecule has 5 nitrogen and oxygen atoms in total. The lowest BCUT2D eigenvalue weighted by atomic mass is 10.2. The van der Waals surface area contributed by atoms with Gasteiger partial charge in [-0.2, -0.15) is 0 Å². The van der Waals surface area contributed by atoms with E-state index in [0.717, 1.165) is 41.8 Å². The predicted octanol–water partition coefficient (Wildman–Crippen LogP) is 4.97. The number of H-pyrrole nitrogens is 1. The zero-order valence-electron chi connectivity index (χ0n) is 15.6. The third-order valence-electron chi connectivity index (χ3n) is 3.93. The van der Waals surface area contributed by atoms with E-state index in [2.05, 4.69) is 4.98 Å². The molecule has 0 bridgehead atoms. The summed E-state index contributed by atoms with van der Waals surface area (Å²) in [5, 5.41) is 0. The topological polar surface area (TPSA) is 58.2 Å². The number of benzene rings is 1. The van der Waals surface area contributed by atoms with Gasteiger partial charge in [0.25, 0.3) is 0 Å². The highest BCUT2D eigenvalue weighted by molar-refractivity contribution is 5.78. The molecule has 1 atom stereocenters. The van der Waals surface area contributed by atoms with Crippen LogP contribution in [0.5, 0.6) is 0 Å². The minimum absolute atomic E-state index is 0.0263. The minimum atomic E-state index is -0.477. The summed E-state index contributed by atoms with van der Waals surface area (Å²) in [6.07, 6.45) is 1.63. The van der Waals surface area contributed by atoms with Crippen LogP contribution in [0.4, 0.5) is 4.79 Å². The lowest BCUT2D eigenvalue weighted by Crippen LogP contribution is -2.36. The maximum Gasteiger partial charge on any atom is 0.410 e. The molecule has 24 heavy (non-hydrogen) atoms. The number of likely N-dealkylation sites (tertiary alicyclic amines) is 1. The molecule has 1 saturated heterocycles. The molecule has 0 spiro atoms. The maximum atomic E-state index is 12.4. The van der Waals surface area contributed by atoms with Crippen molar-refractivity contribution in [1.82, 2.24) is 14.9 Å². The standard InChI is InChI=1S/C17H23N3O2.C2H6/c1-11-7-5-8-12-14(11)19-15(18-12)13-9-6-10-20(13)16(21)22-17(2,3)4;1-2/h5,7-8,13H,6,9-10H2,1-4H3,(H,18,19);1-2H3. The summed E-state index contributed by atoms with van der Waals surface area (Å²) in [5.74, 6) is 0.854. The summed E-state index contributed by atoms with van der Waals surface area (Å²) in [6.45, 7) is 12.4. The first-order valence-electron chi connectivity index (χ1n) is 8.80. The number of nitrogens with one attached hydrogen (secondary N) is 1. The monoisotopic (exact) mass is 331 g/mol. The number of rotatable bonds is 1. The van der Waals surface area contributed by atoms with Crippen LogP contribution in [0.3, 0.4) is 0 Å². The van der Waals surface area contributed by atoms with Gasteiger partial charge >= 0.3 is 6.09 Å². The van der Waals surface area contributed by atoms with Crippen molar-refractivity contribution >= 4 is 17.1 Å². The summed E-state index contributed by atoms with van der Waals surface area (Å²) in [5.41, 5.74) is 2.66. The van der Waals surface area contributed by atoms with E-state index in [9.17, 15) is 4.79 Å². The van der Waals surface area contributed by atoms with E-state index < -0.39 is 5.60 Å². The number of hydrogen-bond acceptors (Lipinski definition) is 3. The van der Waals surface area contributed by atoms with E-state index in [1.54, 1.807) is 4.90 Å². The van der Waals surface area contributed by atoms with Crippen LogP contribution in [0.15, 0.2) is 18.2 Å². The van der Waals surface area contributed by atoms with E-state index in [1.807, 2.05) is 59.7 Å². The quantitative estimate of drug-likeness (QED) is 0.802. The summed E-state index contributed by atoms with van der Waals surface area (Å²) in [4.78, 5) is 22.3. The lowest BCUT2D eigenvalue weighted by molar-refractivity contribution is 0.0219. The Labute approximate surface area is 144 Å². The minimum Gasteiger partial charge on any atom is -0.444 e. The maximum absolute atomic E-state index is 12.4. The van der Waals surface area contributed by atoms with E-state index in [4.69, 9.17) is 9.72 Å². The van der Waals surface area contributed by atoms with E-state index in [1.165, 1.54) is 0 Å². The average molecular weight is 331 g/mol. The number of ether oxygens (including phenoxy) is 1. The van der Waals surface area contributed by atoms with Gasteiger partial charge < -0.3 is 9.72 Å². The van der Waals surface area contributed by atoms with E-state index in [-0.39, 0.29) is 12.1 Å². The van der Waals surface area contributed by atoms with Crippen molar-refractivity contribution in [2.75, 3.05) is 6.54 Å². The third-order valence-corrected chi connectivity index (χ3v) is 3.93. The Morgan fingerprint density at radius 2 is 2.04 bits per heavy atom. The van der Waals surface area contributed by atoms with E-state index >= 15 is 0 Å². The fourth-order valence-corrected chi connectivity index (χ4v) is 2.94. The zero-order chi connectivity index (χ0) is 17.9. The van der Waals surface area contributed by atoms with Gasteiger partial charge in [-0.1, -0.05) is 26.0 Å². The summed E-state index contributed by atoms with van der Waals surface area (Å²) in [6, 6.07) is 6.06. The highest BCUT2D eigenvalue weighted by Crippen LogP contribution is 2.33. The van der Waals surface area contributed by atoms with Gasteiger partial charge in [0.1, 0.15) is 11.4 Å². The summed E-state index contributed by atoms with van der Waals surface area (Å²) < 4.78 is 5.52. The molecule has 1 aliphatic heterocycles. The van der Waals surface area contributed by atoms with Crippen molar-refractivity contribution in [3.05, 3.63) is 29.6 Å². The Bertz CT molecular complexity index is 700. The number of carbonyl (C=O) groups excluding carboxylic acids is 1. The number of aromatic amines is 1. The summed E-state index contributed by atoms with van der Waals surface area (Å²) >= 11 is 0. The molecule has 3 rings (SSSR count). The number of hydrogen-bond donors (Lipinski definition) is 1. The second-order valence-corrected chi connectivity index (χ2v) is 6.92. The van der Waals surface area contributed by atoms with Crippen LogP contribution in [0.2, 0.25) is 0 Å². The molecule has 1 aromatic carbocycles. The molecule has 1 amide bonds. The van der Waals surface area contributed by atoms with Gasteiger partial charge in [-0.15, -0.1) is 0 Å². The zero-order valence-corrected chi connectivity index (χ0v) is 15.6. The van der Waals surface area contributed by atoms with Crippen molar-refractivity contribution in [1.29, 1.82) is 0 Å². The second-order valence-electron chi connectivity index (χ2n) is 6.92. The van der Waals surface area contributed by atoms with Gasteiger partial charge in [0.2, 0.25) is 0 Å². The number of fused-ring (bicyclic) bond motifs is 1. The van der Waals surface area contributed by atoms with E-state index in [0.29, 0.717) is 0 Å². The third kappa shape index (κ3) is 3.89. The number of amides is 1. The van der Waals surface area contributed by atoms with Crippen LogP contribution in [0.1, 0.15) is 64.9 Å². The first kappa shape index (κ1) is 18.3. The fourth-order valence-electron chi connectivity index (χ4n) is 2.94. The number of nitrogens with zero attached hydrogens (tertiary/aromatic N) is 2. The molecule has 2 heterocycles. The number of imidazole rings is 1. The van der Waals surface area contributed by atoms with Crippen molar-refractivity contribution < 1.29 is 9.53 Å². The molecule has 132 valence electrons. The van der Waals surface area contributed by atoms with Crippen LogP contribution in [-0.2, 0) is 4.74 Å². The van der Waals surface area contributed by atoms with Gasteiger partial charge in [-0.05, 0) is 52.2 Å². The molecule has 0 aliphatic carbocycles. The molecular weight excluding hydrogens is 302 g/mol. The Morgan fingerprint density at radius 3 is 2.67 bits per heavy atom. The largest absolute Gasteiger partial charge is 0.444 e. The average Bonchev–Trinajstić information content (AvgIpc) is 3.14. The lowest BCUT2D eigenvalue weighted by Gasteiger charge is -2.27. The highest BCUT2D eigenvalue weighted by atomic mass is 16.6. The van der Waals surface area contributed by atoms with Gasteiger partial charge in [-0.3, -0.25) is 4.90 Å². The van der Waals surface area contributed by atoms with Gasteiger partial charge in [0.15, 0.2) is 0 Å². The smallest absolute Gasteiger partial charge is 0.410 e. The molecule has 1 fully saturated rings. The Morgan fingerprint density at radius 1 is 1.33 bits per heavy atom. The van der Waals surface area contributed by atoms with Gasteiger partial charge in [-0.25, -0.2) is 9.78 Å². The van der Waals surface area contributed by atoms with Gasteiger partial charge in [0.05, 0.1) is 17.1 Å². The number of aromatic nitrogens is 2. The Hall–Kier alpha value is -2.04. The first-order chi connectivity index (χ1) is 11.3. The normalized spacial score (nSPS) is 17.6. The van der Waals surface area contributed by atoms with Crippen molar-refractivity contribution in [3.8, 4) is 0 Å². The molecule has 1 unspecified atom stereocenters. The number of carbonyl (C=O) groups is 1. The molecule has 5 heteroatoms. The molecular formula is C19H29N3O2. The number of para-hydroxylation sites is 1. The van der Waals surface area contributed by atoms with Crippen molar-refractivity contribution in [2.45, 2.75) is 66.0 Å². The summed E-state index contributed by atoms with van der Waals surface area (Å²) in [7, 11) is 0. The Balaban J connectivity index is 0.00000100. The first-order valence-corrected chi connectivity index (χ1v) is 8.80. The molecule has 1 aliphatic rings. The van der Waals surface area contributed by atoms with Gasteiger partial charge in [0, 0.05) is 6.54 Å². The molecule has 1 aromatic heterocycles. The molecule has 0 radical (unpaired) electrons. The SMILES string of the molecule is CC.Cc1cccc2[nH]c(C3CCCN3C(=O)OC(C)(C)C)nc12. The van der Waals surface area contributed by atoms with Crippen LogP contribution in [0.25, 0.3) is 11.0 Å². The van der Waals surface area contributed by atoms with Crippen molar-refractivity contribution in [3.63, 3.8) is 0 Å². The van der Waals surface area contributed by atoms with Crippen LogP contribution in [0, 0.1) is 6.92 Å². The molecule has 2 aromatic rings. The second kappa shape index (κ2) is 7.24. The highest BCUT2D eigenvalue weighted by Gasteiger charge is 2.34. The molecule has 0 saturated carbocycles. The van der Waals surface area contributed by atoms with Crippen LogP contribution >= 0.6 is 0 Å². The predicted molar refractivity (Wildman–Crippen MR) is 97.1 cm³/mol. The molecule has 1 N–H and O–H groups in total. The fraction of sp³-hybridized carbons (Fsp3) is 0.579. The number of aryl methyl sites for hydroxylation is 1. The van der Waals surface area contributed by atoms with Crippen LogP contribution in [-0.4, -0.2) is 33.1 Å².